The quantitative estimate of drug-likeness (QED) is 0.775. The summed E-state index contributed by atoms with van der Waals surface area (Å²) in [7, 11) is -2.80. The van der Waals surface area contributed by atoms with E-state index in [2.05, 4.69) is 12.2 Å². The van der Waals surface area contributed by atoms with Gasteiger partial charge in [-0.3, -0.25) is 0 Å². The molecule has 2 unspecified atom stereocenters. The van der Waals surface area contributed by atoms with Crippen LogP contribution >= 0.6 is 11.8 Å². The summed E-state index contributed by atoms with van der Waals surface area (Å²) in [4.78, 5) is 0. The minimum absolute atomic E-state index is 0.314. The number of thioether (sulfide) groups is 1. The van der Waals surface area contributed by atoms with E-state index in [1.54, 1.807) is 0 Å². The lowest BCUT2D eigenvalue weighted by Crippen LogP contribution is -2.41. The maximum Gasteiger partial charge on any atom is 0.148 e. The van der Waals surface area contributed by atoms with E-state index >= 15 is 0 Å². The van der Waals surface area contributed by atoms with Gasteiger partial charge < -0.3 is 5.32 Å². The van der Waals surface area contributed by atoms with E-state index in [4.69, 9.17) is 0 Å². The van der Waals surface area contributed by atoms with Crippen molar-refractivity contribution in [3.8, 4) is 0 Å². The largest absolute Gasteiger partial charge is 0.313 e. The second-order valence-corrected chi connectivity index (χ2v) is 8.49. The van der Waals surface area contributed by atoms with E-state index in [9.17, 15) is 8.42 Å². The highest BCUT2D eigenvalue weighted by atomic mass is 32.2. The van der Waals surface area contributed by atoms with Crippen molar-refractivity contribution in [2.24, 2.45) is 0 Å². The van der Waals surface area contributed by atoms with Crippen LogP contribution in [0.4, 0.5) is 0 Å². The fourth-order valence-electron chi connectivity index (χ4n) is 2.21. The van der Waals surface area contributed by atoms with Gasteiger partial charge in [-0.05, 0) is 25.8 Å². The Labute approximate surface area is 110 Å². The van der Waals surface area contributed by atoms with Crippen molar-refractivity contribution >= 4 is 21.6 Å². The molecule has 5 heteroatoms. The first kappa shape index (κ1) is 15.3. The summed E-state index contributed by atoms with van der Waals surface area (Å²) in [6, 6.07) is 0.591. The van der Waals surface area contributed by atoms with Crippen LogP contribution in [-0.4, -0.2) is 44.0 Å². The van der Waals surface area contributed by atoms with Crippen LogP contribution in [0.25, 0.3) is 0 Å². The van der Waals surface area contributed by atoms with Crippen molar-refractivity contribution in [2.75, 3.05) is 24.3 Å². The molecule has 0 heterocycles. The Bertz CT molecular complexity index is 304. The van der Waals surface area contributed by atoms with Gasteiger partial charge in [0.05, 0.1) is 5.75 Å². The first-order valence-electron chi connectivity index (χ1n) is 6.55. The number of rotatable bonds is 7. The normalized spacial score (nSPS) is 26.0. The predicted molar refractivity (Wildman–Crippen MR) is 76.5 cm³/mol. The van der Waals surface area contributed by atoms with Gasteiger partial charge >= 0.3 is 0 Å². The van der Waals surface area contributed by atoms with Crippen molar-refractivity contribution < 1.29 is 8.42 Å². The Balaban J connectivity index is 2.32. The number of nitrogens with one attached hydrogen (secondary N) is 1. The summed E-state index contributed by atoms with van der Waals surface area (Å²) in [5.41, 5.74) is 0. The van der Waals surface area contributed by atoms with Gasteiger partial charge in [-0.2, -0.15) is 11.8 Å². The van der Waals surface area contributed by atoms with Crippen LogP contribution < -0.4 is 5.32 Å². The molecule has 1 fully saturated rings. The molecule has 0 saturated heterocycles. The highest BCUT2D eigenvalue weighted by molar-refractivity contribution is 8.01. The Morgan fingerprint density at radius 2 is 2.00 bits per heavy atom. The van der Waals surface area contributed by atoms with Crippen molar-refractivity contribution in [2.45, 2.75) is 50.3 Å². The van der Waals surface area contributed by atoms with Gasteiger partial charge in [0.2, 0.25) is 0 Å². The third-order valence-electron chi connectivity index (χ3n) is 3.15. The summed E-state index contributed by atoms with van der Waals surface area (Å²) in [5.74, 6) is 1.06. The van der Waals surface area contributed by atoms with Crippen LogP contribution in [0.5, 0.6) is 0 Å². The van der Waals surface area contributed by atoms with E-state index in [0.717, 1.165) is 18.7 Å². The summed E-state index contributed by atoms with van der Waals surface area (Å²) in [5, 5.41) is 4.21. The van der Waals surface area contributed by atoms with Gasteiger partial charge in [-0.25, -0.2) is 8.42 Å². The number of hydrogen-bond donors (Lipinski definition) is 1. The van der Waals surface area contributed by atoms with Crippen LogP contribution in [0.3, 0.4) is 0 Å². The molecule has 0 aromatic rings. The molecule has 3 nitrogen and oxygen atoms in total. The fraction of sp³-hybridized carbons (Fsp3) is 1.00. The lowest BCUT2D eigenvalue weighted by Gasteiger charge is -2.32. The molecule has 1 rings (SSSR count). The van der Waals surface area contributed by atoms with Gasteiger partial charge in [0.15, 0.2) is 0 Å². The zero-order chi connectivity index (χ0) is 12.7. The zero-order valence-electron chi connectivity index (χ0n) is 10.9. The summed E-state index contributed by atoms with van der Waals surface area (Å²) in [6.45, 7) is 3.26. The van der Waals surface area contributed by atoms with Gasteiger partial charge in [-0.1, -0.05) is 19.8 Å². The van der Waals surface area contributed by atoms with Crippen molar-refractivity contribution in [3.63, 3.8) is 0 Å². The molecule has 0 spiro atoms. The average molecular weight is 279 g/mol. The Morgan fingerprint density at radius 1 is 1.29 bits per heavy atom. The Hall–Kier alpha value is 0.260. The van der Waals surface area contributed by atoms with Crippen molar-refractivity contribution in [1.82, 2.24) is 5.32 Å². The third-order valence-corrected chi connectivity index (χ3v) is 5.78. The molecule has 0 aromatic heterocycles. The minimum Gasteiger partial charge on any atom is -0.313 e. The molecule has 0 amide bonds. The first-order valence-corrected chi connectivity index (χ1v) is 9.66. The van der Waals surface area contributed by atoms with Crippen LogP contribution in [0, 0.1) is 0 Å². The summed E-state index contributed by atoms with van der Waals surface area (Å²) < 4.78 is 22.2. The Morgan fingerprint density at radius 3 is 2.65 bits per heavy atom. The molecule has 2 atom stereocenters. The minimum atomic E-state index is -2.80. The van der Waals surface area contributed by atoms with Crippen LogP contribution in [0.2, 0.25) is 0 Å². The van der Waals surface area contributed by atoms with Crippen molar-refractivity contribution in [1.29, 1.82) is 0 Å². The van der Waals surface area contributed by atoms with Crippen molar-refractivity contribution in [3.05, 3.63) is 0 Å². The summed E-state index contributed by atoms with van der Waals surface area (Å²) >= 11 is 1.84. The highest BCUT2D eigenvalue weighted by Crippen LogP contribution is 2.28. The predicted octanol–water partition coefficient (Wildman–Crippen LogP) is 2.08. The molecule has 0 bridgehead atoms. The number of sulfone groups is 1. The smallest absolute Gasteiger partial charge is 0.148 e. The SMILES string of the molecule is CCCNC1CCCCC1SCCS(C)(=O)=O. The average Bonchev–Trinajstić information content (AvgIpc) is 2.26. The second kappa shape index (κ2) is 7.64. The monoisotopic (exact) mass is 279 g/mol. The molecule has 1 aliphatic rings. The molecule has 1 aliphatic carbocycles. The van der Waals surface area contributed by atoms with E-state index < -0.39 is 9.84 Å². The van der Waals surface area contributed by atoms with Crippen LogP contribution in [-0.2, 0) is 9.84 Å². The molecular weight excluding hydrogens is 254 g/mol. The van der Waals surface area contributed by atoms with Crippen LogP contribution in [0.1, 0.15) is 39.0 Å². The molecule has 0 aromatic carbocycles. The van der Waals surface area contributed by atoms with Gasteiger partial charge in [0, 0.05) is 23.3 Å². The third kappa shape index (κ3) is 6.67. The maximum absolute atomic E-state index is 11.1. The lowest BCUT2D eigenvalue weighted by molar-refractivity contribution is 0.385. The van der Waals surface area contributed by atoms with Gasteiger partial charge in [0.25, 0.3) is 0 Å². The van der Waals surface area contributed by atoms with E-state index in [0.29, 0.717) is 17.0 Å². The topological polar surface area (TPSA) is 46.2 Å². The lowest BCUT2D eigenvalue weighted by atomic mass is 9.95. The van der Waals surface area contributed by atoms with Crippen LogP contribution in [0.15, 0.2) is 0 Å². The molecule has 0 aliphatic heterocycles. The second-order valence-electron chi connectivity index (χ2n) is 4.88. The fourth-order valence-corrected chi connectivity index (χ4v) is 4.91. The highest BCUT2D eigenvalue weighted by Gasteiger charge is 2.24. The first-order chi connectivity index (χ1) is 8.03. The summed E-state index contributed by atoms with van der Waals surface area (Å²) in [6.07, 6.45) is 7.57. The molecule has 0 radical (unpaired) electrons. The van der Waals surface area contributed by atoms with E-state index in [1.807, 2.05) is 11.8 Å². The molecular formula is C12H25NO2S2. The molecule has 1 saturated carbocycles. The van der Waals surface area contributed by atoms with Gasteiger partial charge in [0.1, 0.15) is 9.84 Å². The zero-order valence-corrected chi connectivity index (χ0v) is 12.6. The molecule has 17 heavy (non-hydrogen) atoms. The number of hydrogen-bond acceptors (Lipinski definition) is 4. The molecule has 1 N–H and O–H groups in total. The maximum atomic E-state index is 11.1. The Kier molecular flexibility index (Phi) is 6.89. The van der Waals surface area contributed by atoms with E-state index in [-0.39, 0.29) is 0 Å². The van der Waals surface area contributed by atoms with Gasteiger partial charge in [-0.15, -0.1) is 0 Å². The standard InChI is InChI=1S/C12H25NO2S2/c1-3-8-13-11-6-4-5-7-12(11)16-9-10-17(2,14)15/h11-13H,3-10H2,1-2H3. The molecule has 102 valence electrons. The van der Waals surface area contributed by atoms with E-state index in [1.165, 1.54) is 31.9 Å².